The van der Waals surface area contributed by atoms with Gasteiger partial charge in [-0.25, -0.2) is 0 Å². The van der Waals surface area contributed by atoms with Crippen molar-refractivity contribution in [3.63, 3.8) is 0 Å². The Bertz CT molecular complexity index is 342. The molecule has 0 aliphatic heterocycles. The van der Waals surface area contributed by atoms with Crippen LogP contribution in [0.3, 0.4) is 0 Å². The molecule has 1 aromatic carbocycles. The summed E-state index contributed by atoms with van der Waals surface area (Å²) in [6, 6.07) is 8.06. The van der Waals surface area contributed by atoms with E-state index >= 15 is 0 Å². The molecule has 0 radical (unpaired) electrons. The first-order chi connectivity index (χ1) is 6.15. The first-order valence-corrected chi connectivity index (χ1v) is 4.35. The molecule has 1 unspecified atom stereocenters. The zero-order valence-corrected chi connectivity index (χ0v) is 9.27. The Morgan fingerprint density at radius 1 is 1.43 bits per heavy atom. The smallest absolute Gasteiger partial charge is 0.0641 e. The molecule has 0 aliphatic rings. The minimum atomic E-state index is -0.148. The van der Waals surface area contributed by atoms with Crippen LogP contribution >= 0.6 is 12.4 Å². The van der Waals surface area contributed by atoms with Gasteiger partial charge in [0.15, 0.2) is 0 Å². The van der Waals surface area contributed by atoms with Crippen molar-refractivity contribution < 1.29 is 0 Å². The van der Waals surface area contributed by atoms with Crippen LogP contribution in [0.4, 0.5) is 0 Å². The van der Waals surface area contributed by atoms with Gasteiger partial charge in [-0.1, -0.05) is 23.8 Å². The van der Waals surface area contributed by atoms with E-state index in [0.29, 0.717) is 6.42 Å². The number of nitriles is 1. The van der Waals surface area contributed by atoms with Gasteiger partial charge in [-0.2, -0.15) is 5.26 Å². The number of nitrogens with zero attached hydrogens (tertiary/aromatic N) is 1. The predicted octanol–water partition coefficient (Wildman–Crippen LogP) is 2.64. The lowest BCUT2D eigenvalue weighted by Gasteiger charge is -2.11. The van der Waals surface area contributed by atoms with Crippen molar-refractivity contribution in [3.05, 3.63) is 34.9 Å². The summed E-state index contributed by atoms with van der Waals surface area (Å²) in [7, 11) is 0. The molecule has 0 saturated heterocycles. The summed E-state index contributed by atoms with van der Waals surface area (Å²) in [5, 5.41) is 8.51. The van der Waals surface area contributed by atoms with Crippen LogP contribution in [0.5, 0.6) is 0 Å². The van der Waals surface area contributed by atoms with Gasteiger partial charge in [0, 0.05) is 6.04 Å². The molecule has 1 rings (SSSR count). The van der Waals surface area contributed by atoms with Gasteiger partial charge in [0.2, 0.25) is 0 Å². The van der Waals surface area contributed by atoms with E-state index in [0.717, 1.165) is 5.56 Å². The third kappa shape index (κ3) is 3.02. The number of hydrogen-bond donors (Lipinski definition) is 1. The van der Waals surface area contributed by atoms with Crippen LogP contribution in [0.15, 0.2) is 18.2 Å². The first-order valence-electron chi connectivity index (χ1n) is 4.35. The summed E-state index contributed by atoms with van der Waals surface area (Å²) >= 11 is 0. The molecule has 0 heterocycles. The van der Waals surface area contributed by atoms with E-state index in [-0.39, 0.29) is 18.4 Å². The van der Waals surface area contributed by atoms with Crippen molar-refractivity contribution in [2.75, 3.05) is 0 Å². The highest BCUT2D eigenvalue weighted by molar-refractivity contribution is 5.85. The lowest BCUT2D eigenvalue weighted by Crippen LogP contribution is -2.10. The van der Waals surface area contributed by atoms with E-state index in [2.05, 4.69) is 12.1 Å². The van der Waals surface area contributed by atoms with E-state index < -0.39 is 0 Å². The molecular weight excluding hydrogens is 196 g/mol. The average Bonchev–Trinajstić information content (AvgIpc) is 2.04. The van der Waals surface area contributed by atoms with Crippen LogP contribution < -0.4 is 5.73 Å². The van der Waals surface area contributed by atoms with E-state index in [1.165, 1.54) is 11.1 Å². The van der Waals surface area contributed by atoms with Gasteiger partial charge in [-0.3, -0.25) is 0 Å². The van der Waals surface area contributed by atoms with Crippen molar-refractivity contribution in [2.24, 2.45) is 5.73 Å². The lowest BCUT2D eigenvalue weighted by molar-refractivity contribution is 0.742. The monoisotopic (exact) mass is 210 g/mol. The van der Waals surface area contributed by atoms with Gasteiger partial charge < -0.3 is 5.73 Å². The molecule has 3 heteroatoms. The molecule has 0 fully saturated rings. The highest BCUT2D eigenvalue weighted by Crippen LogP contribution is 2.18. The zero-order valence-electron chi connectivity index (χ0n) is 8.45. The number of benzene rings is 1. The Balaban J connectivity index is 0.00000169. The Morgan fingerprint density at radius 3 is 2.57 bits per heavy atom. The number of halogens is 1. The minimum absolute atomic E-state index is 0. The second-order valence-electron chi connectivity index (χ2n) is 3.33. The quantitative estimate of drug-likeness (QED) is 0.816. The van der Waals surface area contributed by atoms with Crippen molar-refractivity contribution in [1.82, 2.24) is 0 Å². The van der Waals surface area contributed by atoms with Gasteiger partial charge in [0.25, 0.3) is 0 Å². The molecule has 1 aromatic rings. The lowest BCUT2D eigenvalue weighted by atomic mass is 9.98. The molecule has 2 nitrogen and oxygen atoms in total. The standard InChI is InChI=1S/C11H14N2.ClH/c1-8-3-4-10(9(2)7-8)11(13)5-6-12;/h3-4,7,11H,5,13H2,1-2H3;1H. The maximum Gasteiger partial charge on any atom is 0.0641 e. The molecule has 0 aliphatic carbocycles. The summed E-state index contributed by atoms with van der Waals surface area (Å²) in [5.74, 6) is 0. The molecule has 0 amide bonds. The van der Waals surface area contributed by atoms with Gasteiger partial charge >= 0.3 is 0 Å². The molecule has 14 heavy (non-hydrogen) atoms. The molecule has 0 saturated carbocycles. The molecule has 1 atom stereocenters. The van der Waals surface area contributed by atoms with E-state index in [1.54, 1.807) is 0 Å². The number of nitrogens with two attached hydrogens (primary N) is 1. The third-order valence-electron chi connectivity index (χ3n) is 2.14. The van der Waals surface area contributed by atoms with Crippen LogP contribution in [-0.4, -0.2) is 0 Å². The molecule has 2 N–H and O–H groups in total. The maximum absolute atomic E-state index is 8.51. The fourth-order valence-electron chi connectivity index (χ4n) is 1.45. The van der Waals surface area contributed by atoms with Crippen molar-refractivity contribution in [2.45, 2.75) is 26.3 Å². The number of aryl methyl sites for hydroxylation is 2. The molecule has 0 spiro atoms. The topological polar surface area (TPSA) is 49.8 Å². The summed E-state index contributed by atoms with van der Waals surface area (Å²) in [6.45, 7) is 4.08. The van der Waals surface area contributed by atoms with Crippen molar-refractivity contribution in [3.8, 4) is 6.07 Å². The van der Waals surface area contributed by atoms with Crippen LogP contribution in [-0.2, 0) is 0 Å². The van der Waals surface area contributed by atoms with Gasteiger partial charge in [0.05, 0.1) is 12.5 Å². The predicted molar refractivity (Wildman–Crippen MR) is 60.3 cm³/mol. The second-order valence-corrected chi connectivity index (χ2v) is 3.33. The fourth-order valence-corrected chi connectivity index (χ4v) is 1.45. The Labute approximate surface area is 91.1 Å². The van der Waals surface area contributed by atoms with E-state index in [1.807, 2.05) is 26.0 Å². The Hall–Kier alpha value is -1.04. The van der Waals surface area contributed by atoms with Crippen molar-refractivity contribution >= 4 is 12.4 Å². The van der Waals surface area contributed by atoms with Gasteiger partial charge in [-0.15, -0.1) is 12.4 Å². The molecule has 0 aromatic heterocycles. The van der Waals surface area contributed by atoms with Crippen LogP contribution in [0.1, 0.15) is 29.2 Å². The van der Waals surface area contributed by atoms with Crippen LogP contribution in [0.25, 0.3) is 0 Å². The largest absolute Gasteiger partial charge is 0.323 e. The van der Waals surface area contributed by atoms with E-state index in [9.17, 15) is 0 Å². The first kappa shape index (κ1) is 13.0. The molecular formula is C11H15ClN2. The number of hydrogen-bond acceptors (Lipinski definition) is 2. The molecule has 76 valence electrons. The van der Waals surface area contributed by atoms with E-state index in [4.69, 9.17) is 11.0 Å². The fraction of sp³-hybridized carbons (Fsp3) is 0.364. The normalized spacial score (nSPS) is 11.3. The summed E-state index contributed by atoms with van der Waals surface area (Å²) in [4.78, 5) is 0. The summed E-state index contributed by atoms with van der Waals surface area (Å²) in [6.07, 6.45) is 0.379. The SMILES string of the molecule is Cc1ccc(C(N)CC#N)c(C)c1.Cl. The zero-order chi connectivity index (χ0) is 9.84. The van der Waals surface area contributed by atoms with Gasteiger partial charge in [-0.05, 0) is 25.0 Å². The third-order valence-corrected chi connectivity index (χ3v) is 2.14. The molecule has 0 bridgehead atoms. The van der Waals surface area contributed by atoms with Crippen LogP contribution in [0.2, 0.25) is 0 Å². The van der Waals surface area contributed by atoms with Gasteiger partial charge in [0.1, 0.15) is 0 Å². The highest BCUT2D eigenvalue weighted by atomic mass is 35.5. The van der Waals surface area contributed by atoms with Crippen LogP contribution in [0, 0.1) is 25.2 Å². The van der Waals surface area contributed by atoms with Crippen molar-refractivity contribution in [1.29, 1.82) is 5.26 Å². The average molecular weight is 211 g/mol. The Morgan fingerprint density at radius 2 is 2.07 bits per heavy atom. The number of rotatable bonds is 2. The maximum atomic E-state index is 8.51. The highest BCUT2D eigenvalue weighted by Gasteiger charge is 2.07. The summed E-state index contributed by atoms with van der Waals surface area (Å²) < 4.78 is 0. The minimum Gasteiger partial charge on any atom is -0.323 e. The second kappa shape index (κ2) is 5.64. The summed E-state index contributed by atoms with van der Waals surface area (Å²) in [5.41, 5.74) is 9.31. The Kier molecular flexibility index (Phi) is 5.22.